The fraction of sp³-hybridized carbons (Fsp3) is 0.438. The van der Waals surface area contributed by atoms with Crippen molar-refractivity contribution in [3.63, 3.8) is 0 Å². The first kappa shape index (κ1) is 15.0. The number of carbonyl (C=O) groups excluding carboxylic acids is 2. The zero-order valence-corrected chi connectivity index (χ0v) is 12.0. The largest absolute Gasteiger partial charge is 0.355 e. The topological polar surface area (TPSA) is 73.2 Å². The Hall–Kier alpha value is -2.35. The molecule has 1 aromatic rings. The van der Waals surface area contributed by atoms with Crippen molar-refractivity contribution >= 4 is 11.8 Å². The Morgan fingerprint density at radius 1 is 1.19 bits per heavy atom. The molecule has 1 N–H and O–H groups in total. The fourth-order valence-electron chi connectivity index (χ4n) is 2.38. The molecule has 1 saturated heterocycles. The van der Waals surface area contributed by atoms with Gasteiger partial charge in [0.25, 0.3) is 0 Å². The smallest absolute Gasteiger partial charge is 0.224 e. The second-order valence-electron chi connectivity index (χ2n) is 5.17. The molecule has 0 unspecified atom stereocenters. The molecule has 2 rings (SSSR count). The minimum atomic E-state index is -0.103. The van der Waals surface area contributed by atoms with Crippen LogP contribution in [-0.4, -0.2) is 36.3 Å². The van der Waals surface area contributed by atoms with Crippen molar-refractivity contribution in [2.75, 3.05) is 19.6 Å². The molecule has 2 amide bonds. The molecule has 1 fully saturated rings. The highest BCUT2D eigenvalue weighted by Crippen LogP contribution is 2.08. The van der Waals surface area contributed by atoms with E-state index in [4.69, 9.17) is 5.26 Å². The third-order valence-corrected chi connectivity index (χ3v) is 3.57. The van der Waals surface area contributed by atoms with Crippen molar-refractivity contribution in [3.05, 3.63) is 35.4 Å². The van der Waals surface area contributed by atoms with Gasteiger partial charge in [-0.3, -0.25) is 9.59 Å². The standard InChI is InChI=1S/C16H19N3O2/c17-12-14-5-3-13(4-6-14)11-15(20)18-8-7-16(21)19-9-1-2-10-19/h3-6H,1-2,7-11H2,(H,18,20). The van der Waals surface area contributed by atoms with E-state index < -0.39 is 0 Å². The average Bonchev–Trinajstić information content (AvgIpc) is 3.02. The van der Waals surface area contributed by atoms with E-state index in [0.717, 1.165) is 31.5 Å². The number of amides is 2. The van der Waals surface area contributed by atoms with Crippen molar-refractivity contribution in [1.29, 1.82) is 5.26 Å². The van der Waals surface area contributed by atoms with Gasteiger partial charge < -0.3 is 10.2 Å². The van der Waals surface area contributed by atoms with Crippen molar-refractivity contribution in [2.45, 2.75) is 25.7 Å². The molecule has 1 aromatic carbocycles. The first-order valence-corrected chi connectivity index (χ1v) is 7.22. The molecule has 0 saturated carbocycles. The number of likely N-dealkylation sites (tertiary alicyclic amines) is 1. The van der Waals surface area contributed by atoms with Gasteiger partial charge in [0.15, 0.2) is 0 Å². The first-order chi connectivity index (χ1) is 10.2. The van der Waals surface area contributed by atoms with Crippen LogP contribution in [0.3, 0.4) is 0 Å². The molecular weight excluding hydrogens is 266 g/mol. The Bertz CT molecular complexity index is 540. The predicted octanol–water partition coefficient (Wildman–Crippen LogP) is 1.23. The Morgan fingerprint density at radius 3 is 2.48 bits per heavy atom. The van der Waals surface area contributed by atoms with E-state index in [1.54, 1.807) is 24.3 Å². The normalized spacial score (nSPS) is 13.8. The van der Waals surface area contributed by atoms with Crippen LogP contribution >= 0.6 is 0 Å². The third kappa shape index (κ3) is 4.60. The summed E-state index contributed by atoms with van der Waals surface area (Å²) >= 11 is 0. The summed E-state index contributed by atoms with van der Waals surface area (Å²) < 4.78 is 0. The van der Waals surface area contributed by atoms with Crippen molar-refractivity contribution < 1.29 is 9.59 Å². The molecule has 21 heavy (non-hydrogen) atoms. The lowest BCUT2D eigenvalue weighted by Gasteiger charge is -2.15. The number of hydrogen-bond donors (Lipinski definition) is 1. The highest BCUT2D eigenvalue weighted by Gasteiger charge is 2.17. The Kier molecular flexibility index (Phi) is 5.33. The summed E-state index contributed by atoms with van der Waals surface area (Å²) in [5.41, 5.74) is 1.44. The Labute approximate surface area is 124 Å². The van der Waals surface area contributed by atoms with E-state index >= 15 is 0 Å². The summed E-state index contributed by atoms with van der Waals surface area (Å²) in [5, 5.41) is 11.5. The van der Waals surface area contributed by atoms with Gasteiger partial charge in [0.05, 0.1) is 18.1 Å². The summed E-state index contributed by atoms with van der Waals surface area (Å²) in [6.45, 7) is 2.07. The average molecular weight is 285 g/mol. The number of rotatable bonds is 5. The van der Waals surface area contributed by atoms with Crippen LogP contribution in [0.2, 0.25) is 0 Å². The lowest BCUT2D eigenvalue weighted by molar-refractivity contribution is -0.130. The van der Waals surface area contributed by atoms with Crippen LogP contribution in [0.5, 0.6) is 0 Å². The Morgan fingerprint density at radius 2 is 1.86 bits per heavy atom. The first-order valence-electron chi connectivity index (χ1n) is 7.22. The monoisotopic (exact) mass is 285 g/mol. The Balaban J connectivity index is 1.69. The molecular formula is C16H19N3O2. The van der Waals surface area contributed by atoms with Crippen LogP contribution in [0.4, 0.5) is 0 Å². The van der Waals surface area contributed by atoms with Gasteiger partial charge in [-0.1, -0.05) is 12.1 Å². The number of hydrogen-bond acceptors (Lipinski definition) is 3. The second kappa shape index (κ2) is 7.44. The number of nitriles is 1. The minimum Gasteiger partial charge on any atom is -0.355 e. The third-order valence-electron chi connectivity index (χ3n) is 3.57. The van der Waals surface area contributed by atoms with E-state index in [2.05, 4.69) is 5.32 Å². The summed E-state index contributed by atoms with van der Waals surface area (Å²) in [7, 11) is 0. The summed E-state index contributed by atoms with van der Waals surface area (Å²) in [4.78, 5) is 25.4. The molecule has 5 nitrogen and oxygen atoms in total. The molecule has 0 spiro atoms. The predicted molar refractivity (Wildman–Crippen MR) is 78.3 cm³/mol. The van der Waals surface area contributed by atoms with Crippen LogP contribution in [0, 0.1) is 11.3 Å². The number of nitrogens with zero attached hydrogens (tertiary/aromatic N) is 2. The molecule has 0 radical (unpaired) electrons. The van der Waals surface area contributed by atoms with E-state index in [1.165, 1.54) is 0 Å². The van der Waals surface area contributed by atoms with Crippen molar-refractivity contribution in [1.82, 2.24) is 10.2 Å². The lowest BCUT2D eigenvalue weighted by atomic mass is 10.1. The van der Waals surface area contributed by atoms with Gasteiger partial charge >= 0.3 is 0 Å². The summed E-state index contributed by atoms with van der Waals surface area (Å²) in [5.74, 6) is 0.0140. The van der Waals surface area contributed by atoms with E-state index in [0.29, 0.717) is 18.5 Å². The van der Waals surface area contributed by atoms with Crippen LogP contribution in [0.25, 0.3) is 0 Å². The van der Waals surface area contributed by atoms with Crippen LogP contribution in [0.1, 0.15) is 30.4 Å². The van der Waals surface area contributed by atoms with Gasteiger partial charge in [-0.15, -0.1) is 0 Å². The van der Waals surface area contributed by atoms with E-state index in [-0.39, 0.29) is 18.2 Å². The molecule has 0 atom stereocenters. The molecule has 1 aliphatic rings. The maximum absolute atomic E-state index is 11.8. The van der Waals surface area contributed by atoms with E-state index in [1.807, 2.05) is 11.0 Å². The van der Waals surface area contributed by atoms with Crippen LogP contribution in [0.15, 0.2) is 24.3 Å². The quantitative estimate of drug-likeness (QED) is 0.884. The maximum atomic E-state index is 11.8. The van der Waals surface area contributed by atoms with Crippen LogP contribution < -0.4 is 5.32 Å². The van der Waals surface area contributed by atoms with Crippen molar-refractivity contribution in [2.24, 2.45) is 0 Å². The molecule has 5 heteroatoms. The molecule has 0 aromatic heterocycles. The van der Waals surface area contributed by atoms with Gasteiger partial charge in [-0.2, -0.15) is 5.26 Å². The van der Waals surface area contributed by atoms with Gasteiger partial charge in [-0.05, 0) is 30.5 Å². The zero-order chi connectivity index (χ0) is 15.1. The molecule has 0 bridgehead atoms. The lowest BCUT2D eigenvalue weighted by Crippen LogP contribution is -2.33. The number of carbonyl (C=O) groups is 2. The SMILES string of the molecule is N#Cc1ccc(CC(=O)NCCC(=O)N2CCCC2)cc1. The molecule has 110 valence electrons. The number of benzene rings is 1. The summed E-state index contributed by atoms with van der Waals surface area (Å²) in [6, 6.07) is 8.97. The summed E-state index contributed by atoms with van der Waals surface area (Å²) in [6.07, 6.45) is 2.79. The van der Waals surface area contributed by atoms with Gasteiger partial charge in [-0.25, -0.2) is 0 Å². The van der Waals surface area contributed by atoms with Gasteiger partial charge in [0.1, 0.15) is 0 Å². The minimum absolute atomic E-state index is 0.103. The zero-order valence-electron chi connectivity index (χ0n) is 12.0. The highest BCUT2D eigenvalue weighted by atomic mass is 16.2. The van der Waals surface area contributed by atoms with Gasteiger partial charge in [0.2, 0.25) is 11.8 Å². The second-order valence-corrected chi connectivity index (χ2v) is 5.17. The fourth-order valence-corrected chi connectivity index (χ4v) is 2.38. The molecule has 1 heterocycles. The molecule has 0 aliphatic carbocycles. The molecule has 1 aliphatic heterocycles. The maximum Gasteiger partial charge on any atom is 0.224 e. The van der Waals surface area contributed by atoms with Crippen LogP contribution in [-0.2, 0) is 16.0 Å². The number of nitrogens with one attached hydrogen (secondary N) is 1. The highest BCUT2D eigenvalue weighted by molar-refractivity contribution is 5.80. The van der Waals surface area contributed by atoms with E-state index in [9.17, 15) is 9.59 Å². The van der Waals surface area contributed by atoms with Gasteiger partial charge in [0, 0.05) is 26.1 Å². The van der Waals surface area contributed by atoms with Crippen molar-refractivity contribution in [3.8, 4) is 6.07 Å².